The lowest BCUT2D eigenvalue weighted by molar-refractivity contribution is 0.0614. The molecule has 21 heavy (non-hydrogen) atoms. The fraction of sp³-hybridized carbons (Fsp3) is 1.00. The molecule has 0 aromatic rings. The van der Waals surface area contributed by atoms with Crippen LogP contribution in [-0.4, -0.2) is 61.7 Å². The summed E-state index contributed by atoms with van der Waals surface area (Å²) in [4.78, 5) is 5.59. The smallest absolute Gasteiger partial charge is 0.0261 e. The maximum atomic E-state index is 3.66. The third-order valence-electron chi connectivity index (χ3n) is 6.07. The van der Waals surface area contributed by atoms with Crippen molar-refractivity contribution < 1.29 is 0 Å². The van der Waals surface area contributed by atoms with E-state index in [2.05, 4.69) is 22.0 Å². The van der Waals surface area contributed by atoms with Crippen LogP contribution in [-0.2, 0) is 0 Å². The van der Waals surface area contributed by atoms with Gasteiger partial charge in [0.1, 0.15) is 0 Å². The van der Waals surface area contributed by atoms with Gasteiger partial charge in [0, 0.05) is 19.1 Å². The number of likely N-dealkylation sites (tertiary alicyclic amines) is 2. The molecular formula is C18H35N3. The van der Waals surface area contributed by atoms with Gasteiger partial charge in [-0.3, -0.25) is 4.90 Å². The SMILES string of the molecule is CC1CCN(C2CNCCC2CN2CCCCCC2)CC1. The van der Waals surface area contributed by atoms with Crippen molar-refractivity contribution >= 4 is 0 Å². The van der Waals surface area contributed by atoms with Gasteiger partial charge in [-0.2, -0.15) is 0 Å². The summed E-state index contributed by atoms with van der Waals surface area (Å²) in [5.74, 6) is 1.85. The molecule has 0 radical (unpaired) electrons. The molecule has 0 saturated carbocycles. The first kappa shape index (κ1) is 15.8. The van der Waals surface area contributed by atoms with E-state index in [1.807, 2.05) is 0 Å². The zero-order chi connectivity index (χ0) is 14.5. The minimum atomic E-state index is 0.800. The molecular weight excluding hydrogens is 258 g/mol. The summed E-state index contributed by atoms with van der Waals surface area (Å²) in [6, 6.07) is 0.800. The number of hydrogen-bond acceptors (Lipinski definition) is 3. The van der Waals surface area contributed by atoms with Crippen molar-refractivity contribution in [3.63, 3.8) is 0 Å². The van der Waals surface area contributed by atoms with E-state index < -0.39 is 0 Å². The van der Waals surface area contributed by atoms with E-state index in [1.54, 1.807) is 0 Å². The number of rotatable bonds is 3. The summed E-state index contributed by atoms with van der Waals surface area (Å²) in [7, 11) is 0. The second-order valence-corrected chi connectivity index (χ2v) is 7.75. The van der Waals surface area contributed by atoms with Crippen LogP contribution in [0.2, 0.25) is 0 Å². The van der Waals surface area contributed by atoms with Gasteiger partial charge >= 0.3 is 0 Å². The van der Waals surface area contributed by atoms with Gasteiger partial charge in [0.05, 0.1) is 0 Å². The predicted octanol–water partition coefficient (Wildman–Crippen LogP) is 2.57. The van der Waals surface area contributed by atoms with Crippen LogP contribution >= 0.6 is 0 Å². The molecule has 0 aromatic carbocycles. The van der Waals surface area contributed by atoms with Crippen LogP contribution in [0.15, 0.2) is 0 Å². The second-order valence-electron chi connectivity index (χ2n) is 7.75. The molecule has 3 nitrogen and oxygen atoms in total. The molecule has 0 amide bonds. The van der Waals surface area contributed by atoms with Crippen LogP contribution in [0, 0.1) is 11.8 Å². The first-order valence-corrected chi connectivity index (χ1v) is 9.50. The highest BCUT2D eigenvalue weighted by Gasteiger charge is 2.32. The highest BCUT2D eigenvalue weighted by molar-refractivity contribution is 4.89. The maximum absolute atomic E-state index is 3.66. The predicted molar refractivity (Wildman–Crippen MR) is 89.6 cm³/mol. The Morgan fingerprint density at radius 1 is 0.905 bits per heavy atom. The zero-order valence-electron chi connectivity index (χ0n) is 14.0. The summed E-state index contributed by atoms with van der Waals surface area (Å²) >= 11 is 0. The molecule has 0 bridgehead atoms. The maximum Gasteiger partial charge on any atom is 0.0261 e. The largest absolute Gasteiger partial charge is 0.315 e. The Labute approximate surface area is 131 Å². The Morgan fingerprint density at radius 2 is 1.62 bits per heavy atom. The Kier molecular flexibility index (Phi) is 5.96. The van der Waals surface area contributed by atoms with Crippen LogP contribution in [0.25, 0.3) is 0 Å². The number of hydrogen-bond donors (Lipinski definition) is 1. The van der Waals surface area contributed by atoms with Crippen molar-refractivity contribution in [2.45, 2.75) is 57.9 Å². The van der Waals surface area contributed by atoms with E-state index >= 15 is 0 Å². The average Bonchev–Trinajstić information content (AvgIpc) is 2.78. The standard InChI is InChI=1S/C18H35N3/c1-16-7-12-21(13-8-16)18-14-19-9-6-17(18)15-20-10-4-2-3-5-11-20/h16-19H,2-15H2,1H3. The van der Waals surface area contributed by atoms with Crippen LogP contribution in [0.5, 0.6) is 0 Å². The summed E-state index contributed by atoms with van der Waals surface area (Å²) in [6.45, 7) is 11.6. The third-order valence-corrected chi connectivity index (χ3v) is 6.07. The molecule has 3 aliphatic rings. The Hall–Kier alpha value is -0.120. The summed E-state index contributed by atoms with van der Waals surface area (Å²) in [6.07, 6.45) is 9.97. The lowest BCUT2D eigenvalue weighted by Crippen LogP contribution is -2.55. The van der Waals surface area contributed by atoms with Crippen LogP contribution in [0.4, 0.5) is 0 Å². The van der Waals surface area contributed by atoms with Gasteiger partial charge < -0.3 is 10.2 Å². The van der Waals surface area contributed by atoms with Gasteiger partial charge in [0.2, 0.25) is 0 Å². The molecule has 2 atom stereocenters. The van der Waals surface area contributed by atoms with Crippen molar-refractivity contribution in [2.75, 3.05) is 45.8 Å². The number of nitrogens with zero attached hydrogens (tertiary/aromatic N) is 2. The molecule has 3 saturated heterocycles. The first-order chi connectivity index (χ1) is 10.3. The molecule has 3 fully saturated rings. The van der Waals surface area contributed by atoms with Crippen LogP contribution in [0.1, 0.15) is 51.9 Å². The molecule has 0 spiro atoms. The van der Waals surface area contributed by atoms with E-state index in [-0.39, 0.29) is 0 Å². The second kappa shape index (κ2) is 7.94. The van der Waals surface area contributed by atoms with Crippen molar-refractivity contribution in [1.29, 1.82) is 0 Å². The van der Waals surface area contributed by atoms with Gasteiger partial charge in [0.15, 0.2) is 0 Å². The quantitative estimate of drug-likeness (QED) is 0.863. The fourth-order valence-corrected chi connectivity index (χ4v) is 4.55. The number of nitrogens with one attached hydrogen (secondary N) is 1. The van der Waals surface area contributed by atoms with E-state index in [1.165, 1.54) is 90.8 Å². The Bertz CT molecular complexity index is 291. The van der Waals surface area contributed by atoms with Gasteiger partial charge in [-0.1, -0.05) is 19.8 Å². The van der Waals surface area contributed by atoms with E-state index in [9.17, 15) is 0 Å². The minimum Gasteiger partial charge on any atom is -0.315 e. The topological polar surface area (TPSA) is 18.5 Å². The molecule has 3 rings (SSSR count). The molecule has 0 aromatic heterocycles. The van der Waals surface area contributed by atoms with Crippen molar-refractivity contribution in [1.82, 2.24) is 15.1 Å². The van der Waals surface area contributed by atoms with Crippen LogP contribution in [0.3, 0.4) is 0 Å². The van der Waals surface area contributed by atoms with Gasteiger partial charge in [0.25, 0.3) is 0 Å². The third kappa shape index (κ3) is 4.43. The van der Waals surface area contributed by atoms with Gasteiger partial charge in [-0.15, -0.1) is 0 Å². The van der Waals surface area contributed by atoms with E-state index in [0.29, 0.717) is 0 Å². The monoisotopic (exact) mass is 293 g/mol. The normalized spacial score (nSPS) is 34.7. The molecule has 3 heteroatoms. The highest BCUT2D eigenvalue weighted by Crippen LogP contribution is 2.25. The van der Waals surface area contributed by atoms with Crippen molar-refractivity contribution in [3.05, 3.63) is 0 Å². The summed E-state index contributed by atoms with van der Waals surface area (Å²) < 4.78 is 0. The lowest BCUT2D eigenvalue weighted by Gasteiger charge is -2.44. The molecule has 122 valence electrons. The molecule has 2 unspecified atom stereocenters. The summed E-state index contributed by atoms with van der Waals surface area (Å²) in [5.41, 5.74) is 0. The Morgan fingerprint density at radius 3 is 2.33 bits per heavy atom. The first-order valence-electron chi connectivity index (χ1n) is 9.50. The summed E-state index contributed by atoms with van der Waals surface area (Å²) in [5, 5.41) is 3.66. The molecule has 3 heterocycles. The molecule has 3 aliphatic heterocycles. The van der Waals surface area contributed by atoms with Crippen molar-refractivity contribution in [2.24, 2.45) is 11.8 Å². The minimum absolute atomic E-state index is 0.800. The lowest BCUT2D eigenvalue weighted by atomic mass is 9.88. The molecule has 1 N–H and O–H groups in total. The zero-order valence-corrected chi connectivity index (χ0v) is 14.0. The van der Waals surface area contributed by atoms with Crippen molar-refractivity contribution in [3.8, 4) is 0 Å². The van der Waals surface area contributed by atoms with Gasteiger partial charge in [-0.25, -0.2) is 0 Å². The van der Waals surface area contributed by atoms with E-state index in [0.717, 1.165) is 17.9 Å². The number of piperidine rings is 2. The van der Waals surface area contributed by atoms with E-state index in [4.69, 9.17) is 0 Å². The van der Waals surface area contributed by atoms with Gasteiger partial charge in [-0.05, 0) is 76.7 Å². The highest BCUT2D eigenvalue weighted by atomic mass is 15.2. The molecule has 0 aliphatic carbocycles. The average molecular weight is 293 g/mol. The van der Waals surface area contributed by atoms with Crippen LogP contribution < -0.4 is 5.32 Å². The fourth-order valence-electron chi connectivity index (χ4n) is 4.55. The Balaban J connectivity index is 1.55.